The molecule has 3 rings (SSSR count). The van der Waals surface area contributed by atoms with Crippen LogP contribution in [-0.4, -0.2) is 10.5 Å². The van der Waals surface area contributed by atoms with Crippen LogP contribution >= 0.6 is 0 Å². The Hall–Kier alpha value is -2.82. The first-order valence-corrected chi connectivity index (χ1v) is 8.52. The van der Waals surface area contributed by atoms with Gasteiger partial charge in [0.2, 0.25) is 5.91 Å². The molecule has 2 aromatic carbocycles. The molecule has 25 heavy (non-hydrogen) atoms. The maximum absolute atomic E-state index is 12.3. The maximum Gasteiger partial charge on any atom is 0.419 e. The SMILES string of the molecule is CC[C@H](NC(=O)CCn1c(=O)oc2ccccc21)c1ccc(C)cc1. The number of rotatable bonds is 6. The van der Waals surface area contributed by atoms with Gasteiger partial charge in [-0.1, -0.05) is 48.9 Å². The normalized spacial score (nSPS) is 12.2. The number of fused-ring (bicyclic) bond motifs is 1. The molecule has 0 unspecified atom stereocenters. The van der Waals surface area contributed by atoms with E-state index in [1.165, 1.54) is 10.1 Å². The Morgan fingerprint density at radius 3 is 2.60 bits per heavy atom. The molecule has 0 radical (unpaired) electrons. The minimum Gasteiger partial charge on any atom is -0.408 e. The van der Waals surface area contributed by atoms with Gasteiger partial charge in [-0.05, 0) is 31.0 Å². The number of aryl methyl sites for hydroxylation is 2. The summed E-state index contributed by atoms with van der Waals surface area (Å²) in [5.74, 6) is -0.510. The Kier molecular flexibility index (Phi) is 5.03. The molecular formula is C20H22N2O3. The van der Waals surface area contributed by atoms with Crippen LogP contribution in [0, 0.1) is 6.92 Å². The monoisotopic (exact) mass is 338 g/mol. The number of nitrogens with zero attached hydrogens (tertiary/aromatic N) is 1. The number of benzene rings is 2. The van der Waals surface area contributed by atoms with Crippen LogP contribution in [0.15, 0.2) is 57.7 Å². The van der Waals surface area contributed by atoms with Crippen LogP contribution in [0.3, 0.4) is 0 Å². The first kappa shape index (κ1) is 17.0. The van der Waals surface area contributed by atoms with Gasteiger partial charge < -0.3 is 9.73 Å². The summed E-state index contributed by atoms with van der Waals surface area (Å²) >= 11 is 0. The first-order valence-electron chi connectivity index (χ1n) is 8.52. The second-order valence-corrected chi connectivity index (χ2v) is 6.18. The Labute approximate surface area is 146 Å². The van der Waals surface area contributed by atoms with Crippen LogP contribution < -0.4 is 11.1 Å². The van der Waals surface area contributed by atoms with Crippen LogP contribution in [0.5, 0.6) is 0 Å². The number of oxazole rings is 1. The zero-order chi connectivity index (χ0) is 17.8. The maximum atomic E-state index is 12.3. The van der Waals surface area contributed by atoms with E-state index in [-0.39, 0.29) is 18.4 Å². The van der Waals surface area contributed by atoms with E-state index in [1.807, 2.05) is 56.3 Å². The van der Waals surface area contributed by atoms with Gasteiger partial charge in [-0.25, -0.2) is 4.79 Å². The topological polar surface area (TPSA) is 64.2 Å². The van der Waals surface area contributed by atoms with Crippen molar-refractivity contribution in [1.29, 1.82) is 0 Å². The minimum absolute atomic E-state index is 0.0223. The Morgan fingerprint density at radius 2 is 1.88 bits per heavy atom. The van der Waals surface area contributed by atoms with Crippen LogP contribution in [0.25, 0.3) is 11.1 Å². The largest absolute Gasteiger partial charge is 0.419 e. The average molecular weight is 338 g/mol. The molecule has 1 amide bonds. The lowest BCUT2D eigenvalue weighted by Crippen LogP contribution is -2.29. The second-order valence-electron chi connectivity index (χ2n) is 6.18. The molecule has 0 bridgehead atoms. The van der Waals surface area contributed by atoms with Gasteiger partial charge in [0, 0.05) is 13.0 Å². The fourth-order valence-corrected chi connectivity index (χ4v) is 2.93. The van der Waals surface area contributed by atoms with Gasteiger partial charge in [-0.2, -0.15) is 0 Å². The van der Waals surface area contributed by atoms with Crippen molar-refractivity contribution >= 4 is 17.0 Å². The third-order valence-corrected chi connectivity index (χ3v) is 4.36. The Morgan fingerprint density at radius 1 is 1.16 bits per heavy atom. The summed E-state index contributed by atoms with van der Waals surface area (Å²) in [6, 6.07) is 15.4. The molecule has 1 aromatic heterocycles. The van der Waals surface area contributed by atoms with E-state index >= 15 is 0 Å². The molecule has 0 aliphatic carbocycles. The van der Waals surface area contributed by atoms with Gasteiger partial charge in [0.1, 0.15) is 0 Å². The van der Waals surface area contributed by atoms with E-state index in [1.54, 1.807) is 6.07 Å². The lowest BCUT2D eigenvalue weighted by molar-refractivity contribution is -0.122. The quantitative estimate of drug-likeness (QED) is 0.747. The van der Waals surface area contributed by atoms with E-state index in [4.69, 9.17) is 4.42 Å². The van der Waals surface area contributed by atoms with E-state index < -0.39 is 5.76 Å². The fraction of sp³-hybridized carbons (Fsp3) is 0.300. The Balaban J connectivity index is 1.66. The molecule has 0 aliphatic rings. The zero-order valence-electron chi connectivity index (χ0n) is 14.5. The first-order chi connectivity index (χ1) is 12.1. The summed E-state index contributed by atoms with van der Waals surface area (Å²) in [5.41, 5.74) is 3.54. The number of aromatic nitrogens is 1. The molecular weight excluding hydrogens is 316 g/mol. The fourth-order valence-electron chi connectivity index (χ4n) is 2.93. The molecule has 0 spiro atoms. The number of hydrogen-bond donors (Lipinski definition) is 1. The van der Waals surface area contributed by atoms with Gasteiger partial charge in [0.05, 0.1) is 11.6 Å². The number of nitrogens with one attached hydrogen (secondary N) is 1. The third-order valence-electron chi connectivity index (χ3n) is 4.36. The van der Waals surface area contributed by atoms with Gasteiger partial charge in [-0.3, -0.25) is 9.36 Å². The molecule has 0 saturated carbocycles. The summed E-state index contributed by atoms with van der Waals surface area (Å²) in [5, 5.41) is 3.05. The van der Waals surface area contributed by atoms with Crippen LogP contribution in [0.2, 0.25) is 0 Å². The van der Waals surface area contributed by atoms with Crippen molar-refractivity contribution in [3.63, 3.8) is 0 Å². The lowest BCUT2D eigenvalue weighted by atomic mass is 10.0. The molecule has 5 heteroatoms. The summed E-state index contributed by atoms with van der Waals surface area (Å²) in [6.07, 6.45) is 1.04. The van der Waals surface area contributed by atoms with Crippen molar-refractivity contribution in [1.82, 2.24) is 9.88 Å². The second kappa shape index (κ2) is 7.38. The molecule has 0 fully saturated rings. The molecule has 5 nitrogen and oxygen atoms in total. The van der Waals surface area contributed by atoms with Crippen molar-refractivity contribution < 1.29 is 9.21 Å². The standard InChI is InChI=1S/C20H22N2O3/c1-3-16(15-10-8-14(2)9-11-15)21-19(23)12-13-22-17-6-4-5-7-18(17)25-20(22)24/h4-11,16H,3,12-13H2,1-2H3,(H,21,23)/t16-/m0/s1. The highest BCUT2D eigenvalue weighted by Crippen LogP contribution is 2.17. The number of carbonyl (C=O) groups is 1. The highest BCUT2D eigenvalue weighted by Gasteiger charge is 2.14. The predicted molar refractivity (Wildman–Crippen MR) is 97.4 cm³/mol. The van der Waals surface area contributed by atoms with E-state index in [2.05, 4.69) is 5.32 Å². The van der Waals surface area contributed by atoms with Crippen LogP contribution in [0.1, 0.15) is 36.9 Å². The van der Waals surface area contributed by atoms with Crippen molar-refractivity contribution in [2.45, 2.75) is 39.3 Å². The van der Waals surface area contributed by atoms with E-state index in [0.717, 1.165) is 12.0 Å². The summed E-state index contributed by atoms with van der Waals surface area (Å²) in [4.78, 5) is 24.3. The number of amides is 1. The zero-order valence-corrected chi connectivity index (χ0v) is 14.5. The average Bonchev–Trinajstić information content (AvgIpc) is 2.94. The van der Waals surface area contributed by atoms with Gasteiger partial charge in [0.15, 0.2) is 5.58 Å². The van der Waals surface area contributed by atoms with Gasteiger partial charge in [-0.15, -0.1) is 0 Å². The molecule has 1 heterocycles. The van der Waals surface area contributed by atoms with Crippen molar-refractivity contribution in [2.24, 2.45) is 0 Å². The van der Waals surface area contributed by atoms with E-state index in [9.17, 15) is 9.59 Å². The summed E-state index contributed by atoms with van der Waals surface area (Å²) in [6.45, 7) is 4.38. The third kappa shape index (κ3) is 3.82. The molecule has 1 N–H and O–H groups in total. The van der Waals surface area contributed by atoms with Crippen LogP contribution in [-0.2, 0) is 11.3 Å². The number of carbonyl (C=O) groups excluding carboxylic acids is 1. The molecule has 0 saturated heterocycles. The number of para-hydroxylation sites is 2. The number of hydrogen-bond acceptors (Lipinski definition) is 3. The molecule has 3 aromatic rings. The predicted octanol–water partition coefficient (Wildman–Crippen LogP) is 3.56. The highest BCUT2D eigenvalue weighted by molar-refractivity contribution is 5.77. The highest BCUT2D eigenvalue weighted by atomic mass is 16.4. The molecule has 1 atom stereocenters. The lowest BCUT2D eigenvalue weighted by Gasteiger charge is -2.17. The minimum atomic E-state index is -0.431. The smallest absolute Gasteiger partial charge is 0.408 e. The molecule has 0 aliphatic heterocycles. The molecule has 130 valence electrons. The van der Waals surface area contributed by atoms with Gasteiger partial charge >= 0.3 is 5.76 Å². The van der Waals surface area contributed by atoms with Gasteiger partial charge in [0.25, 0.3) is 0 Å². The van der Waals surface area contributed by atoms with Crippen molar-refractivity contribution in [3.8, 4) is 0 Å². The Bertz CT molecular complexity index is 922. The van der Waals surface area contributed by atoms with Crippen LogP contribution in [0.4, 0.5) is 0 Å². The van der Waals surface area contributed by atoms with Crippen molar-refractivity contribution in [2.75, 3.05) is 0 Å². The summed E-state index contributed by atoms with van der Waals surface area (Å²) < 4.78 is 6.69. The van der Waals surface area contributed by atoms with Crippen molar-refractivity contribution in [3.05, 3.63) is 70.2 Å². The van der Waals surface area contributed by atoms with E-state index in [0.29, 0.717) is 17.6 Å². The summed E-state index contributed by atoms with van der Waals surface area (Å²) in [7, 11) is 0.